The minimum atomic E-state index is 0.888. The van der Waals surface area contributed by atoms with Crippen molar-refractivity contribution in [1.82, 2.24) is 0 Å². The molecule has 58 valence electrons. The summed E-state index contributed by atoms with van der Waals surface area (Å²) in [5.74, 6) is 3.00. The fourth-order valence-corrected chi connectivity index (χ4v) is 2.80. The quantitative estimate of drug-likeness (QED) is 0.588. The molecule has 2 rings (SSSR count). The van der Waals surface area contributed by atoms with Crippen molar-refractivity contribution < 1.29 is 0 Å². The van der Waals surface area contributed by atoms with Gasteiger partial charge in [0.05, 0.1) is 0 Å². The molecule has 2 fully saturated rings. The maximum absolute atomic E-state index is 5.69. The second kappa shape index (κ2) is 2.54. The van der Waals surface area contributed by atoms with Crippen LogP contribution in [0.1, 0.15) is 32.1 Å². The predicted octanol–water partition coefficient (Wildman–Crippen LogP) is 1.77. The van der Waals surface area contributed by atoms with Gasteiger partial charge in [-0.15, -0.1) is 0 Å². The molecular weight excluding hydrogens is 122 g/mol. The summed E-state index contributed by atoms with van der Waals surface area (Å²) >= 11 is 0. The highest BCUT2D eigenvalue weighted by Crippen LogP contribution is 2.44. The molecule has 0 aliphatic heterocycles. The molecule has 2 aliphatic carbocycles. The van der Waals surface area contributed by atoms with Gasteiger partial charge in [-0.2, -0.15) is 0 Å². The summed E-state index contributed by atoms with van der Waals surface area (Å²) in [7, 11) is 0. The summed E-state index contributed by atoms with van der Waals surface area (Å²) < 4.78 is 0. The lowest BCUT2D eigenvalue weighted by Crippen LogP contribution is -2.25. The topological polar surface area (TPSA) is 26.0 Å². The van der Waals surface area contributed by atoms with Gasteiger partial charge < -0.3 is 5.73 Å². The Kier molecular flexibility index (Phi) is 1.69. The molecule has 3 atom stereocenters. The molecule has 2 N–H and O–H groups in total. The summed E-state index contributed by atoms with van der Waals surface area (Å²) in [6.07, 6.45) is 7.37. The van der Waals surface area contributed by atoms with Crippen LogP contribution in [0.5, 0.6) is 0 Å². The first kappa shape index (κ1) is 6.66. The summed E-state index contributed by atoms with van der Waals surface area (Å²) in [6, 6.07) is 0. The Balaban J connectivity index is 2.00. The summed E-state index contributed by atoms with van der Waals surface area (Å²) in [4.78, 5) is 0. The third-order valence-corrected chi connectivity index (χ3v) is 3.50. The Labute approximate surface area is 63.0 Å². The van der Waals surface area contributed by atoms with Crippen molar-refractivity contribution in [2.24, 2.45) is 23.5 Å². The third-order valence-electron chi connectivity index (χ3n) is 3.50. The molecule has 2 aliphatic rings. The van der Waals surface area contributed by atoms with Crippen LogP contribution in [0.15, 0.2) is 0 Å². The van der Waals surface area contributed by atoms with Crippen molar-refractivity contribution in [2.45, 2.75) is 32.1 Å². The lowest BCUT2D eigenvalue weighted by atomic mass is 9.80. The van der Waals surface area contributed by atoms with Crippen LogP contribution in [0, 0.1) is 17.8 Å². The van der Waals surface area contributed by atoms with E-state index in [0.29, 0.717) is 0 Å². The van der Waals surface area contributed by atoms with Crippen LogP contribution in [-0.4, -0.2) is 6.54 Å². The molecule has 0 saturated heterocycles. The van der Waals surface area contributed by atoms with Crippen LogP contribution in [0.3, 0.4) is 0 Å². The van der Waals surface area contributed by atoms with Crippen LogP contribution >= 0.6 is 0 Å². The SMILES string of the molecule is NC[C@@H]1CC[C@@H]2CC[C@@H]1C2. The highest BCUT2D eigenvalue weighted by Gasteiger charge is 2.34. The Hall–Kier alpha value is -0.0400. The number of hydrogen-bond acceptors (Lipinski definition) is 1. The van der Waals surface area contributed by atoms with E-state index < -0.39 is 0 Å². The number of nitrogens with two attached hydrogens (primary N) is 1. The fourth-order valence-electron chi connectivity index (χ4n) is 2.80. The molecule has 2 saturated carbocycles. The first-order valence-corrected chi connectivity index (χ1v) is 4.60. The van der Waals surface area contributed by atoms with Gasteiger partial charge in [-0.3, -0.25) is 0 Å². The van der Waals surface area contributed by atoms with E-state index in [-0.39, 0.29) is 0 Å². The molecule has 1 nitrogen and oxygen atoms in total. The molecule has 0 heterocycles. The van der Waals surface area contributed by atoms with Gasteiger partial charge >= 0.3 is 0 Å². The molecule has 10 heavy (non-hydrogen) atoms. The molecule has 0 radical (unpaired) electrons. The van der Waals surface area contributed by atoms with Crippen LogP contribution in [-0.2, 0) is 0 Å². The van der Waals surface area contributed by atoms with Crippen LogP contribution < -0.4 is 5.73 Å². The number of fused-ring (bicyclic) bond motifs is 2. The van der Waals surface area contributed by atoms with E-state index in [2.05, 4.69) is 0 Å². The highest BCUT2D eigenvalue weighted by molar-refractivity contribution is 4.86. The maximum Gasteiger partial charge on any atom is -0.00462 e. The normalized spacial score (nSPS) is 45.9. The van der Waals surface area contributed by atoms with E-state index in [9.17, 15) is 0 Å². The smallest absolute Gasteiger partial charge is 0.00462 e. The standard InChI is InChI=1S/C9H17N/c10-6-9-4-2-7-1-3-8(9)5-7/h7-9H,1-6,10H2/t7-,8+,9-/m0/s1. The molecule has 1 heteroatoms. The molecule has 0 aromatic carbocycles. The van der Waals surface area contributed by atoms with Gasteiger partial charge in [-0.25, -0.2) is 0 Å². The maximum atomic E-state index is 5.69. The monoisotopic (exact) mass is 139 g/mol. The van der Waals surface area contributed by atoms with Gasteiger partial charge in [0.15, 0.2) is 0 Å². The summed E-state index contributed by atoms with van der Waals surface area (Å²) in [6.45, 7) is 0.942. The first-order chi connectivity index (χ1) is 4.90. The molecule has 0 unspecified atom stereocenters. The van der Waals surface area contributed by atoms with E-state index in [0.717, 1.165) is 24.3 Å². The Morgan fingerprint density at radius 3 is 2.70 bits per heavy atom. The summed E-state index contributed by atoms with van der Waals surface area (Å²) in [5, 5.41) is 0. The van der Waals surface area contributed by atoms with E-state index in [1.54, 1.807) is 0 Å². The molecular formula is C9H17N. The van der Waals surface area contributed by atoms with Gasteiger partial charge in [0.25, 0.3) is 0 Å². The molecule has 0 spiro atoms. The van der Waals surface area contributed by atoms with E-state index in [1.807, 2.05) is 0 Å². The lowest BCUT2D eigenvalue weighted by molar-refractivity contribution is 0.252. The van der Waals surface area contributed by atoms with E-state index in [4.69, 9.17) is 5.73 Å². The van der Waals surface area contributed by atoms with Crippen molar-refractivity contribution in [3.05, 3.63) is 0 Å². The third kappa shape index (κ3) is 0.968. The zero-order valence-corrected chi connectivity index (χ0v) is 6.55. The van der Waals surface area contributed by atoms with Crippen molar-refractivity contribution >= 4 is 0 Å². The number of hydrogen-bond donors (Lipinski definition) is 1. The second-order valence-corrected chi connectivity index (χ2v) is 4.01. The van der Waals surface area contributed by atoms with Gasteiger partial charge in [-0.1, -0.05) is 12.8 Å². The Bertz CT molecular complexity index is 122. The van der Waals surface area contributed by atoms with E-state index >= 15 is 0 Å². The second-order valence-electron chi connectivity index (χ2n) is 4.01. The van der Waals surface area contributed by atoms with Crippen LogP contribution in [0.2, 0.25) is 0 Å². The Morgan fingerprint density at radius 2 is 1.90 bits per heavy atom. The fraction of sp³-hybridized carbons (Fsp3) is 1.00. The van der Waals surface area contributed by atoms with Crippen molar-refractivity contribution in [1.29, 1.82) is 0 Å². The zero-order valence-electron chi connectivity index (χ0n) is 6.55. The van der Waals surface area contributed by atoms with Gasteiger partial charge in [-0.05, 0) is 43.6 Å². The summed E-state index contributed by atoms with van der Waals surface area (Å²) in [5.41, 5.74) is 5.69. The number of rotatable bonds is 1. The largest absolute Gasteiger partial charge is 0.330 e. The minimum Gasteiger partial charge on any atom is -0.330 e. The van der Waals surface area contributed by atoms with Crippen LogP contribution in [0.4, 0.5) is 0 Å². The van der Waals surface area contributed by atoms with E-state index in [1.165, 1.54) is 32.1 Å². The first-order valence-electron chi connectivity index (χ1n) is 4.60. The molecule has 2 bridgehead atoms. The van der Waals surface area contributed by atoms with Crippen molar-refractivity contribution in [3.8, 4) is 0 Å². The van der Waals surface area contributed by atoms with Gasteiger partial charge in [0.1, 0.15) is 0 Å². The Morgan fingerprint density at radius 1 is 1.10 bits per heavy atom. The van der Waals surface area contributed by atoms with Gasteiger partial charge in [0, 0.05) is 0 Å². The average molecular weight is 139 g/mol. The molecule has 0 amide bonds. The molecule has 0 aromatic rings. The average Bonchev–Trinajstić information content (AvgIpc) is 2.34. The zero-order chi connectivity index (χ0) is 6.97. The molecule has 0 aromatic heterocycles. The predicted molar refractivity (Wildman–Crippen MR) is 42.6 cm³/mol. The van der Waals surface area contributed by atoms with Crippen molar-refractivity contribution in [3.63, 3.8) is 0 Å². The van der Waals surface area contributed by atoms with Crippen molar-refractivity contribution in [2.75, 3.05) is 6.54 Å². The van der Waals surface area contributed by atoms with Gasteiger partial charge in [0.2, 0.25) is 0 Å². The van der Waals surface area contributed by atoms with Crippen LogP contribution in [0.25, 0.3) is 0 Å². The lowest BCUT2D eigenvalue weighted by Gasteiger charge is -2.27. The minimum absolute atomic E-state index is 0.888. The highest BCUT2D eigenvalue weighted by atomic mass is 14.6.